The third-order valence-corrected chi connectivity index (χ3v) is 8.94. The van der Waals surface area contributed by atoms with Gasteiger partial charge in [0.2, 0.25) is 0 Å². The Balaban J connectivity index is 4.34. The van der Waals surface area contributed by atoms with Crippen LogP contribution in [0.2, 0.25) is 0 Å². The molecule has 0 heterocycles. The minimum Gasteiger partial charge on any atom is -0.462 e. The largest absolute Gasteiger partial charge is 0.462 e. The summed E-state index contributed by atoms with van der Waals surface area (Å²) in [7, 11) is 0. The van der Waals surface area contributed by atoms with E-state index in [4.69, 9.17) is 14.2 Å². The number of carbonyl (C=O) groups is 3. The van der Waals surface area contributed by atoms with Crippen molar-refractivity contribution in [2.24, 2.45) is 0 Å². The molecular weight excluding hydrogens is 612 g/mol. The summed E-state index contributed by atoms with van der Waals surface area (Å²) in [4.78, 5) is 37.4. The Labute approximate surface area is 303 Å². The van der Waals surface area contributed by atoms with Gasteiger partial charge >= 0.3 is 17.9 Å². The summed E-state index contributed by atoms with van der Waals surface area (Å²) in [5.74, 6) is -0.895. The smallest absolute Gasteiger partial charge is 0.306 e. The highest BCUT2D eigenvalue weighted by Crippen LogP contribution is 2.14. The number of hydrogen-bond acceptors (Lipinski definition) is 6. The minimum absolute atomic E-state index is 0.0733. The molecular formula is C43H78O6. The van der Waals surface area contributed by atoms with Crippen molar-refractivity contribution in [3.05, 3.63) is 24.3 Å². The summed E-state index contributed by atoms with van der Waals surface area (Å²) < 4.78 is 16.6. The topological polar surface area (TPSA) is 78.9 Å². The van der Waals surface area contributed by atoms with Gasteiger partial charge in [-0.25, -0.2) is 0 Å². The molecule has 0 spiro atoms. The maximum Gasteiger partial charge on any atom is 0.306 e. The number of carbonyl (C=O) groups excluding carboxylic acids is 3. The molecule has 0 aromatic heterocycles. The highest BCUT2D eigenvalue weighted by molar-refractivity contribution is 5.71. The highest BCUT2D eigenvalue weighted by atomic mass is 16.6. The minimum atomic E-state index is -0.766. The summed E-state index contributed by atoms with van der Waals surface area (Å²) in [5, 5.41) is 0. The van der Waals surface area contributed by atoms with Gasteiger partial charge in [-0.1, -0.05) is 173 Å². The van der Waals surface area contributed by atoms with Crippen molar-refractivity contribution in [1.82, 2.24) is 0 Å². The SMILES string of the molecule is CCC/C=C\C/C=C\CCCCCCCC(=O)OCC(COC(=O)CCCCCCCCC)OC(=O)CCCCCCCCCCCCC. The molecule has 0 aromatic carbocycles. The lowest BCUT2D eigenvalue weighted by Gasteiger charge is -2.18. The van der Waals surface area contributed by atoms with Gasteiger partial charge in [0.15, 0.2) is 6.10 Å². The van der Waals surface area contributed by atoms with E-state index in [9.17, 15) is 14.4 Å². The Morgan fingerprint density at radius 1 is 0.408 bits per heavy atom. The van der Waals surface area contributed by atoms with Crippen LogP contribution in [0, 0.1) is 0 Å². The first kappa shape index (κ1) is 46.9. The Bertz CT molecular complexity index is 804. The number of esters is 3. The first-order valence-electron chi connectivity index (χ1n) is 20.8. The molecule has 0 aromatic rings. The van der Waals surface area contributed by atoms with Gasteiger partial charge in [-0.2, -0.15) is 0 Å². The average Bonchev–Trinajstić information content (AvgIpc) is 3.10. The predicted octanol–water partition coefficient (Wildman–Crippen LogP) is 12.9. The van der Waals surface area contributed by atoms with Gasteiger partial charge in [0.1, 0.15) is 13.2 Å². The van der Waals surface area contributed by atoms with Gasteiger partial charge in [-0.05, 0) is 44.9 Å². The van der Waals surface area contributed by atoms with Gasteiger partial charge in [-0.3, -0.25) is 14.4 Å². The van der Waals surface area contributed by atoms with Crippen molar-refractivity contribution >= 4 is 17.9 Å². The van der Waals surface area contributed by atoms with Crippen LogP contribution >= 0.6 is 0 Å². The Morgan fingerprint density at radius 2 is 0.776 bits per heavy atom. The normalized spacial score (nSPS) is 12.1. The van der Waals surface area contributed by atoms with E-state index in [1.807, 2.05) is 0 Å². The maximum atomic E-state index is 12.6. The number of allylic oxidation sites excluding steroid dienone is 4. The molecule has 0 aliphatic carbocycles. The maximum absolute atomic E-state index is 12.6. The fraction of sp³-hybridized carbons (Fsp3) is 0.837. The summed E-state index contributed by atoms with van der Waals surface area (Å²) in [6.45, 7) is 6.50. The molecule has 0 amide bonds. The van der Waals surface area contributed by atoms with Gasteiger partial charge < -0.3 is 14.2 Å². The lowest BCUT2D eigenvalue weighted by molar-refractivity contribution is -0.167. The second kappa shape index (κ2) is 38.7. The van der Waals surface area contributed by atoms with E-state index in [1.54, 1.807) is 0 Å². The van der Waals surface area contributed by atoms with Crippen LogP contribution in [0.4, 0.5) is 0 Å². The Hall–Kier alpha value is -2.11. The zero-order chi connectivity index (χ0) is 35.9. The van der Waals surface area contributed by atoms with Crippen LogP contribution in [0.1, 0.15) is 213 Å². The van der Waals surface area contributed by atoms with Crippen LogP contribution < -0.4 is 0 Å². The third-order valence-electron chi connectivity index (χ3n) is 8.94. The molecule has 0 aliphatic rings. The van der Waals surface area contributed by atoms with E-state index in [1.165, 1.54) is 89.9 Å². The second-order valence-electron chi connectivity index (χ2n) is 13.9. The zero-order valence-corrected chi connectivity index (χ0v) is 32.5. The lowest BCUT2D eigenvalue weighted by Crippen LogP contribution is -2.30. The van der Waals surface area contributed by atoms with Crippen molar-refractivity contribution in [2.75, 3.05) is 13.2 Å². The van der Waals surface area contributed by atoms with Crippen LogP contribution in [0.25, 0.3) is 0 Å². The molecule has 49 heavy (non-hydrogen) atoms. The molecule has 0 bridgehead atoms. The van der Waals surface area contributed by atoms with Gasteiger partial charge in [0, 0.05) is 19.3 Å². The van der Waals surface area contributed by atoms with Gasteiger partial charge in [0.05, 0.1) is 0 Å². The van der Waals surface area contributed by atoms with E-state index in [2.05, 4.69) is 45.1 Å². The molecule has 0 saturated carbocycles. The highest BCUT2D eigenvalue weighted by Gasteiger charge is 2.19. The predicted molar refractivity (Wildman–Crippen MR) is 206 cm³/mol. The van der Waals surface area contributed by atoms with E-state index in [0.717, 1.165) is 83.5 Å². The van der Waals surface area contributed by atoms with Crippen molar-refractivity contribution < 1.29 is 28.6 Å². The molecule has 0 N–H and O–H groups in total. The van der Waals surface area contributed by atoms with E-state index in [0.29, 0.717) is 19.3 Å². The fourth-order valence-electron chi connectivity index (χ4n) is 5.77. The molecule has 0 saturated heterocycles. The zero-order valence-electron chi connectivity index (χ0n) is 32.5. The standard InChI is InChI=1S/C43H78O6/c1-4-7-10-13-16-18-20-21-23-24-27-30-33-36-42(45)48-39-40(38-47-41(44)35-32-29-26-15-12-9-6-3)49-43(46)37-34-31-28-25-22-19-17-14-11-8-5-2/h10,13,18,20,40H,4-9,11-12,14-17,19,21-39H2,1-3H3/b13-10-,20-18-. The molecule has 0 fully saturated rings. The van der Waals surface area contributed by atoms with Crippen LogP contribution in [-0.4, -0.2) is 37.2 Å². The average molecular weight is 691 g/mol. The summed E-state index contributed by atoms with van der Waals surface area (Å²) in [6.07, 6.45) is 40.2. The van der Waals surface area contributed by atoms with Crippen molar-refractivity contribution in [1.29, 1.82) is 0 Å². The number of rotatable bonds is 37. The van der Waals surface area contributed by atoms with Crippen molar-refractivity contribution in [3.63, 3.8) is 0 Å². The first-order valence-corrected chi connectivity index (χ1v) is 20.8. The van der Waals surface area contributed by atoms with Crippen LogP contribution in [0.3, 0.4) is 0 Å². The van der Waals surface area contributed by atoms with Crippen LogP contribution in [-0.2, 0) is 28.6 Å². The van der Waals surface area contributed by atoms with Crippen molar-refractivity contribution in [3.8, 4) is 0 Å². The van der Waals surface area contributed by atoms with Crippen molar-refractivity contribution in [2.45, 2.75) is 219 Å². The van der Waals surface area contributed by atoms with E-state index < -0.39 is 6.10 Å². The molecule has 0 rings (SSSR count). The number of unbranched alkanes of at least 4 members (excludes halogenated alkanes) is 22. The lowest BCUT2D eigenvalue weighted by atomic mass is 10.1. The molecule has 6 nitrogen and oxygen atoms in total. The second-order valence-corrected chi connectivity index (χ2v) is 13.9. The Kier molecular flexibility index (Phi) is 37.0. The summed E-state index contributed by atoms with van der Waals surface area (Å²) in [5.41, 5.74) is 0. The summed E-state index contributed by atoms with van der Waals surface area (Å²) >= 11 is 0. The van der Waals surface area contributed by atoms with Crippen LogP contribution in [0.5, 0.6) is 0 Å². The summed E-state index contributed by atoms with van der Waals surface area (Å²) in [6, 6.07) is 0. The quantitative estimate of drug-likeness (QED) is 0.0279. The molecule has 286 valence electrons. The van der Waals surface area contributed by atoms with Gasteiger partial charge in [-0.15, -0.1) is 0 Å². The third kappa shape index (κ3) is 37.0. The van der Waals surface area contributed by atoms with Gasteiger partial charge in [0.25, 0.3) is 0 Å². The molecule has 1 unspecified atom stereocenters. The molecule has 0 aliphatic heterocycles. The number of ether oxygens (including phenoxy) is 3. The van der Waals surface area contributed by atoms with E-state index >= 15 is 0 Å². The molecule has 6 heteroatoms. The first-order chi connectivity index (χ1) is 24.0. The van der Waals surface area contributed by atoms with E-state index in [-0.39, 0.29) is 31.1 Å². The fourth-order valence-corrected chi connectivity index (χ4v) is 5.77. The molecule has 1 atom stereocenters. The number of hydrogen-bond donors (Lipinski definition) is 0. The monoisotopic (exact) mass is 691 g/mol. The van der Waals surface area contributed by atoms with Crippen LogP contribution in [0.15, 0.2) is 24.3 Å². The Morgan fingerprint density at radius 3 is 1.20 bits per heavy atom. The molecule has 0 radical (unpaired) electrons.